The molecule has 66 valence electrons. The van der Waals surface area contributed by atoms with Gasteiger partial charge in [-0.2, -0.15) is 5.26 Å². The van der Waals surface area contributed by atoms with Crippen LogP contribution in [0, 0.1) is 17.2 Å². The fourth-order valence-electron chi connectivity index (χ4n) is 1.65. The van der Waals surface area contributed by atoms with Crippen LogP contribution in [0.25, 0.3) is 0 Å². The van der Waals surface area contributed by atoms with Gasteiger partial charge in [0.25, 0.3) is 0 Å². The van der Waals surface area contributed by atoms with Gasteiger partial charge in [-0.25, -0.2) is 0 Å². The van der Waals surface area contributed by atoms with E-state index in [0.29, 0.717) is 6.04 Å². The first-order valence-electron chi connectivity index (χ1n) is 4.39. The lowest BCUT2D eigenvalue weighted by Gasteiger charge is -2.24. The van der Waals surface area contributed by atoms with Gasteiger partial charge in [0.05, 0.1) is 6.07 Å². The van der Waals surface area contributed by atoms with E-state index in [9.17, 15) is 4.79 Å². The minimum Gasteiger partial charge on any atom is -0.354 e. The largest absolute Gasteiger partial charge is 0.354 e. The smallest absolute Gasteiger partial charge is 0.217 e. The number of nitriles is 1. The Labute approximate surface area is 72.8 Å². The number of rotatable bonds is 1. The van der Waals surface area contributed by atoms with Gasteiger partial charge >= 0.3 is 0 Å². The molecular weight excluding hydrogens is 152 g/mol. The van der Waals surface area contributed by atoms with Gasteiger partial charge < -0.3 is 5.32 Å². The fraction of sp³-hybridized carbons (Fsp3) is 0.778. The zero-order valence-electron chi connectivity index (χ0n) is 7.34. The van der Waals surface area contributed by atoms with E-state index in [0.717, 1.165) is 25.7 Å². The van der Waals surface area contributed by atoms with E-state index in [-0.39, 0.29) is 11.8 Å². The van der Waals surface area contributed by atoms with Crippen molar-refractivity contribution in [1.29, 1.82) is 5.26 Å². The maximum absolute atomic E-state index is 10.7. The van der Waals surface area contributed by atoms with Crippen molar-refractivity contribution in [1.82, 2.24) is 5.32 Å². The van der Waals surface area contributed by atoms with Crippen LogP contribution >= 0.6 is 0 Å². The van der Waals surface area contributed by atoms with Crippen LogP contribution in [0.5, 0.6) is 0 Å². The molecule has 0 saturated heterocycles. The van der Waals surface area contributed by atoms with E-state index in [2.05, 4.69) is 11.4 Å². The van der Waals surface area contributed by atoms with Crippen LogP contribution in [0.15, 0.2) is 0 Å². The molecule has 0 atom stereocenters. The van der Waals surface area contributed by atoms with Crippen molar-refractivity contribution in [3.63, 3.8) is 0 Å². The Morgan fingerprint density at radius 2 is 2.00 bits per heavy atom. The number of carbonyl (C=O) groups is 1. The summed E-state index contributed by atoms with van der Waals surface area (Å²) in [6.45, 7) is 1.54. The second kappa shape index (κ2) is 4.10. The first-order valence-corrected chi connectivity index (χ1v) is 4.39. The summed E-state index contributed by atoms with van der Waals surface area (Å²) < 4.78 is 0. The lowest BCUT2D eigenvalue weighted by Crippen LogP contribution is -2.35. The van der Waals surface area contributed by atoms with Crippen molar-refractivity contribution in [2.45, 2.75) is 38.6 Å². The van der Waals surface area contributed by atoms with E-state index < -0.39 is 0 Å². The average Bonchev–Trinajstić information content (AvgIpc) is 2.05. The van der Waals surface area contributed by atoms with Crippen LogP contribution in [-0.2, 0) is 4.79 Å². The van der Waals surface area contributed by atoms with Gasteiger partial charge in [-0.1, -0.05) is 0 Å². The minimum absolute atomic E-state index is 0.0374. The van der Waals surface area contributed by atoms with Gasteiger partial charge in [-0.05, 0) is 25.7 Å². The SMILES string of the molecule is CC(=O)NC1CCC(C#N)CC1. The molecule has 0 unspecified atom stereocenters. The highest BCUT2D eigenvalue weighted by Gasteiger charge is 2.20. The second-order valence-corrected chi connectivity index (χ2v) is 3.38. The number of amides is 1. The molecule has 0 aliphatic heterocycles. The molecular formula is C9H14N2O. The van der Waals surface area contributed by atoms with Gasteiger partial charge in [0.2, 0.25) is 5.91 Å². The standard InChI is InChI=1S/C9H14N2O/c1-7(12)11-9-4-2-8(6-10)3-5-9/h8-9H,2-5H2,1H3,(H,11,12). The van der Waals surface area contributed by atoms with Gasteiger partial charge in [-0.15, -0.1) is 0 Å². The highest BCUT2D eigenvalue weighted by Crippen LogP contribution is 2.23. The van der Waals surface area contributed by atoms with E-state index in [1.807, 2.05) is 0 Å². The molecule has 3 heteroatoms. The van der Waals surface area contributed by atoms with Crippen molar-refractivity contribution in [3.8, 4) is 6.07 Å². The minimum atomic E-state index is 0.0374. The molecule has 3 nitrogen and oxygen atoms in total. The second-order valence-electron chi connectivity index (χ2n) is 3.38. The summed E-state index contributed by atoms with van der Waals surface area (Å²) in [6, 6.07) is 2.58. The van der Waals surface area contributed by atoms with Crippen LogP contribution in [0.3, 0.4) is 0 Å². The van der Waals surface area contributed by atoms with Gasteiger partial charge in [0.1, 0.15) is 0 Å². The van der Waals surface area contributed by atoms with Crippen molar-refractivity contribution in [2.24, 2.45) is 5.92 Å². The molecule has 1 fully saturated rings. The van der Waals surface area contributed by atoms with Crippen molar-refractivity contribution in [2.75, 3.05) is 0 Å². The van der Waals surface area contributed by atoms with Gasteiger partial charge in [0.15, 0.2) is 0 Å². The Morgan fingerprint density at radius 1 is 1.42 bits per heavy atom. The molecule has 1 amide bonds. The molecule has 1 N–H and O–H groups in total. The molecule has 0 heterocycles. The lowest BCUT2D eigenvalue weighted by molar-refractivity contribution is -0.119. The van der Waals surface area contributed by atoms with E-state index in [1.54, 1.807) is 0 Å². The summed E-state index contributed by atoms with van der Waals surface area (Å²) in [5.74, 6) is 0.255. The number of hydrogen-bond donors (Lipinski definition) is 1. The van der Waals surface area contributed by atoms with Crippen LogP contribution in [0.1, 0.15) is 32.6 Å². The Hall–Kier alpha value is -1.04. The third-order valence-corrected chi connectivity index (χ3v) is 2.32. The summed E-state index contributed by atoms with van der Waals surface area (Å²) >= 11 is 0. The van der Waals surface area contributed by atoms with Crippen molar-refractivity contribution >= 4 is 5.91 Å². The molecule has 0 radical (unpaired) electrons. The van der Waals surface area contributed by atoms with Crippen molar-refractivity contribution < 1.29 is 4.79 Å². The predicted molar refractivity (Wildman–Crippen MR) is 45.2 cm³/mol. The number of hydrogen-bond acceptors (Lipinski definition) is 2. The normalized spacial score (nSPS) is 29.0. The van der Waals surface area contributed by atoms with Gasteiger partial charge in [-0.3, -0.25) is 4.79 Å². The van der Waals surface area contributed by atoms with E-state index >= 15 is 0 Å². The topological polar surface area (TPSA) is 52.9 Å². The molecule has 0 spiro atoms. The number of nitrogens with one attached hydrogen (secondary N) is 1. The van der Waals surface area contributed by atoms with E-state index in [4.69, 9.17) is 5.26 Å². The number of carbonyl (C=O) groups excluding carboxylic acids is 1. The Kier molecular flexibility index (Phi) is 3.09. The molecule has 12 heavy (non-hydrogen) atoms. The van der Waals surface area contributed by atoms with Gasteiger partial charge in [0, 0.05) is 18.9 Å². The zero-order valence-corrected chi connectivity index (χ0v) is 7.34. The zero-order chi connectivity index (χ0) is 8.97. The van der Waals surface area contributed by atoms with E-state index in [1.165, 1.54) is 6.92 Å². The monoisotopic (exact) mass is 166 g/mol. The Bertz CT molecular complexity index is 199. The molecule has 1 aliphatic rings. The molecule has 1 rings (SSSR count). The first kappa shape index (κ1) is 9.05. The van der Waals surface area contributed by atoms with Crippen LogP contribution in [0.4, 0.5) is 0 Å². The summed E-state index contributed by atoms with van der Waals surface area (Å²) in [6.07, 6.45) is 3.78. The maximum Gasteiger partial charge on any atom is 0.217 e. The summed E-state index contributed by atoms with van der Waals surface area (Å²) in [7, 11) is 0. The lowest BCUT2D eigenvalue weighted by atomic mass is 9.87. The molecule has 0 aromatic rings. The van der Waals surface area contributed by atoms with Crippen LogP contribution in [-0.4, -0.2) is 11.9 Å². The molecule has 0 bridgehead atoms. The summed E-state index contributed by atoms with van der Waals surface area (Å²) in [5, 5.41) is 11.5. The molecule has 1 aliphatic carbocycles. The molecule has 0 aromatic heterocycles. The van der Waals surface area contributed by atoms with Crippen molar-refractivity contribution in [3.05, 3.63) is 0 Å². The summed E-state index contributed by atoms with van der Waals surface area (Å²) in [4.78, 5) is 10.7. The highest BCUT2D eigenvalue weighted by atomic mass is 16.1. The first-order chi connectivity index (χ1) is 5.72. The molecule has 1 saturated carbocycles. The highest BCUT2D eigenvalue weighted by molar-refractivity contribution is 5.73. The Morgan fingerprint density at radius 3 is 2.42 bits per heavy atom. The summed E-state index contributed by atoms with van der Waals surface area (Å²) in [5.41, 5.74) is 0. The molecule has 0 aromatic carbocycles. The third kappa shape index (κ3) is 2.54. The average molecular weight is 166 g/mol. The third-order valence-electron chi connectivity index (χ3n) is 2.32. The quantitative estimate of drug-likeness (QED) is 0.636. The van der Waals surface area contributed by atoms with Crippen LogP contribution in [0.2, 0.25) is 0 Å². The van der Waals surface area contributed by atoms with Crippen LogP contribution < -0.4 is 5.32 Å². The predicted octanol–water partition coefficient (Wildman–Crippen LogP) is 1.20. The fourth-order valence-corrected chi connectivity index (χ4v) is 1.65. The number of nitrogens with zero attached hydrogens (tertiary/aromatic N) is 1. The Balaban J connectivity index is 2.27. The maximum atomic E-state index is 10.7.